The largest absolute Gasteiger partial charge is 0.352 e. The Hall–Kier alpha value is -3.26. The average Bonchev–Trinajstić information content (AvgIpc) is 3.43. The lowest BCUT2D eigenvalue weighted by atomic mass is 10.1. The van der Waals surface area contributed by atoms with Gasteiger partial charge in [-0.1, -0.05) is 23.8 Å². The number of nitrogens with zero attached hydrogens (tertiary/aromatic N) is 6. The highest BCUT2D eigenvalue weighted by atomic mass is 32.1. The Balaban J connectivity index is 1.45. The van der Waals surface area contributed by atoms with E-state index in [4.69, 9.17) is 9.97 Å². The summed E-state index contributed by atoms with van der Waals surface area (Å²) < 4.78 is 1.90. The maximum absolute atomic E-state index is 12.7. The monoisotopic (exact) mass is 432 g/mol. The predicted octanol–water partition coefficient (Wildman–Crippen LogP) is 3.76. The Bertz CT molecular complexity index is 1250. The first-order valence-electron chi connectivity index (χ1n) is 10.4. The summed E-state index contributed by atoms with van der Waals surface area (Å²) in [6.45, 7) is 8.91. The number of hydrogen-bond acceptors (Lipinski definition) is 6. The summed E-state index contributed by atoms with van der Waals surface area (Å²) in [5, 5.41) is 7.53. The normalized spacial score (nSPS) is 14.4. The lowest BCUT2D eigenvalue weighted by Gasteiger charge is -2.35. The van der Waals surface area contributed by atoms with Crippen molar-refractivity contribution in [1.82, 2.24) is 24.6 Å². The molecule has 1 aliphatic rings. The molecule has 0 unspecified atom stereocenters. The Morgan fingerprint density at radius 2 is 1.84 bits per heavy atom. The number of fused-ring (bicyclic) bond motifs is 1. The molecule has 158 valence electrons. The number of anilines is 1. The molecule has 1 aliphatic heterocycles. The molecular formula is C23H24N6OS. The van der Waals surface area contributed by atoms with Gasteiger partial charge in [-0.2, -0.15) is 5.10 Å². The summed E-state index contributed by atoms with van der Waals surface area (Å²) in [7, 11) is 0. The Morgan fingerprint density at radius 1 is 1.03 bits per heavy atom. The number of benzene rings is 1. The molecule has 0 spiro atoms. The third-order valence-corrected chi connectivity index (χ3v) is 6.56. The second kappa shape index (κ2) is 7.77. The van der Waals surface area contributed by atoms with Gasteiger partial charge in [-0.15, -0.1) is 11.3 Å². The number of rotatable bonds is 3. The summed E-state index contributed by atoms with van der Waals surface area (Å²) in [6.07, 6.45) is 1.85. The number of thiophene rings is 1. The number of carbonyl (C=O) groups is 1. The van der Waals surface area contributed by atoms with E-state index in [9.17, 15) is 4.79 Å². The van der Waals surface area contributed by atoms with E-state index < -0.39 is 0 Å². The molecular weight excluding hydrogens is 408 g/mol. The highest BCUT2D eigenvalue weighted by Crippen LogP contribution is 2.28. The molecule has 0 atom stereocenters. The molecule has 31 heavy (non-hydrogen) atoms. The van der Waals surface area contributed by atoms with Crippen LogP contribution in [0.1, 0.15) is 26.6 Å². The van der Waals surface area contributed by atoms with Crippen LogP contribution in [0.15, 0.2) is 41.9 Å². The molecule has 1 fully saturated rings. The molecule has 0 bridgehead atoms. The molecule has 0 radical (unpaired) electrons. The molecule has 0 aliphatic carbocycles. The highest BCUT2D eigenvalue weighted by molar-refractivity contribution is 7.12. The van der Waals surface area contributed by atoms with Crippen LogP contribution in [0.25, 0.3) is 16.7 Å². The maximum Gasteiger partial charge on any atom is 0.264 e. The van der Waals surface area contributed by atoms with Gasteiger partial charge < -0.3 is 9.80 Å². The van der Waals surface area contributed by atoms with Gasteiger partial charge in [-0.3, -0.25) is 4.79 Å². The van der Waals surface area contributed by atoms with E-state index >= 15 is 0 Å². The van der Waals surface area contributed by atoms with Gasteiger partial charge in [0.2, 0.25) is 0 Å². The standard InChI is InChI=1S/C23H24N6OS/c1-15-6-7-19(16(2)13-15)29-22-18(14-24-29)21(25-17(3)26-22)27-8-10-28(11-9-27)23(30)20-5-4-12-31-20/h4-7,12-14H,8-11H2,1-3H3. The summed E-state index contributed by atoms with van der Waals surface area (Å²) in [4.78, 5) is 27.1. The summed E-state index contributed by atoms with van der Waals surface area (Å²) in [5.74, 6) is 1.72. The quantitative estimate of drug-likeness (QED) is 0.493. The van der Waals surface area contributed by atoms with Crippen LogP contribution in [-0.4, -0.2) is 56.7 Å². The first-order valence-corrected chi connectivity index (χ1v) is 11.3. The van der Waals surface area contributed by atoms with Crippen molar-refractivity contribution in [2.75, 3.05) is 31.1 Å². The first kappa shape index (κ1) is 19.7. The number of hydrogen-bond donors (Lipinski definition) is 0. The van der Waals surface area contributed by atoms with Gasteiger partial charge >= 0.3 is 0 Å². The fraction of sp³-hybridized carbons (Fsp3) is 0.304. The number of amides is 1. The van der Waals surface area contributed by atoms with Gasteiger partial charge in [-0.25, -0.2) is 14.6 Å². The molecule has 3 aromatic heterocycles. The van der Waals surface area contributed by atoms with Gasteiger partial charge in [0.05, 0.1) is 22.1 Å². The molecule has 4 heterocycles. The topological polar surface area (TPSA) is 67.2 Å². The number of piperazine rings is 1. The Kier molecular flexibility index (Phi) is 4.94. The summed E-state index contributed by atoms with van der Waals surface area (Å²) in [5.41, 5.74) is 4.21. The van der Waals surface area contributed by atoms with Gasteiger partial charge in [0, 0.05) is 26.2 Å². The van der Waals surface area contributed by atoms with E-state index in [1.165, 1.54) is 16.9 Å². The zero-order valence-electron chi connectivity index (χ0n) is 17.9. The Labute approximate surface area is 185 Å². The van der Waals surface area contributed by atoms with Gasteiger partial charge in [0.1, 0.15) is 11.6 Å². The zero-order chi connectivity index (χ0) is 21.5. The Morgan fingerprint density at radius 3 is 2.55 bits per heavy atom. The average molecular weight is 433 g/mol. The van der Waals surface area contributed by atoms with Gasteiger partial charge in [-0.05, 0) is 43.8 Å². The summed E-state index contributed by atoms with van der Waals surface area (Å²) in [6, 6.07) is 10.1. The third-order valence-electron chi connectivity index (χ3n) is 5.70. The highest BCUT2D eigenvalue weighted by Gasteiger charge is 2.25. The molecule has 5 rings (SSSR count). The van der Waals surface area contributed by atoms with Crippen LogP contribution in [0.5, 0.6) is 0 Å². The fourth-order valence-electron chi connectivity index (χ4n) is 4.14. The minimum Gasteiger partial charge on any atom is -0.352 e. The van der Waals surface area contributed by atoms with E-state index in [-0.39, 0.29) is 5.91 Å². The molecule has 1 amide bonds. The van der Waals surface area contributed by atoms with Crippen molar-refractivity contribution >= 4 is 34.1 Å². The third kappa shape index (κ3) is 3.57. The van der Waals surface area contributed by atoms with Crippen molar-refractivity contribution in [1.29, 1.82) is 0 Å². The van der Waals surface area contributed by atoms with Crippen molar-refractivity contribution in [3.8, 4) is 5.69 Å². The van der Waals surface area contributed by atoms with Crippen LogP contribution in [0.3, 0.4) is 0 Å². The van der Waals surface area contributed by atoms with Crippen LogP contribution in [0.2, 0.25) is 0 Å². The van der Waals surface area contributed by atoms with E-state index in [1.807, 2.05) is 40.2 Å². The lowest BCUT2D eigenvalue weighted by Crippen LogP contribution is -2.49. The van der Waals surface area contributed by atoms with Crippen LogP contribution in [0.4, 0.5) is 5.82 Å². The molecule has 8 heteroatoms. The minimum absolute atomic E-state index is 0.112. The van der Waals surface area contributed by atoms with Crippen LogP contribution in [-0.2, 0) is 0 Å². The summed E-state index contributed by atoms with van der Waals surface area (Å²) >= 11 is 1.49. The molecule has 4 aromatic rings. The first-order chi connectivity index (χ1) is 15.0. The van der Waals surface area contributed by atoms with Crippen molar-refractivity contribution in [2.45, 2.75) is 20.8 Å². The zero-order valence-corrected chi connectivity index (χ0v) is 18.7. The second-order valence-corrected chi connectivity index (χ2v) is 8.88. The fourth-order valence-corrected chi connectivity index (χ4v) is 4.83. The molecule has 0 saturated carbocycles. The molecule has 7 nitrogen and oxygen atoms in total. The van der Waals surface area contributed by atoms with Crippen molar-refractivity contribution in [3.63, 3.8) is 0 Å². The second-order valence-electron chi connectivity index (χ2n) is 7.93. The number of aryl methyl sites for hydroxylation is 3. The van der Waals surface area contributed by atoms with Gasteiger partial charge in [0.15, 0.2) is 5.65 Å². The van der Waals surface area contributed by atoms with Crippen molar-refractivity contribution in [3.05, 3.63) is 63.7 Å². The lowest BCUT2D eigenvalue weighted by molar-refractivity contribution is 0.0751. The smallest absolute Gasteiger partial charge is 0.264 e. The number of carbonyl (C=O) groups excluding carboxylic acids is 1. The number of aromatic nitrogens is 4. The molecule has 1 saturated heterocycles. The SMILES string of the molecule is Cc1ccc(-n2ncc3c(N4CCN(C(=O)c5cccs5)CC4)nc(C)nc32)c(C)c1. The van der Waals surface area contributed by atoms with Gasteiger partial charge in [0.25, 0.3) is 5.91 Å². The molecule has 0 N–H and O–H groups in total. The van der Waals surface area contributed by atoms with E-state index in [1.54, 1.807) is 0 Å². The minimum atomic E-state index is 0.112. The van der Waals surface area contributed by atoms with Crippen LogP contribution >= 0.6 is 11.3 Å². The van der Waals surface area contributed by atoms with E-state index in [2.05, 4.69) is 42.0 Å². The van der Waals surface area contributed by atoms with Crippen molar-refractivity contribution in [2.24, 2.45) is 0 Å². The van der Waals surface area contributed by atoms with Crippen LogP contribution in [0, 0.1) is 20.8 Å². The predicted molar refractivity (Wildman–Crippen MR) is 123 cm³/mol. The maximum atomic E-state index is 12.7. The van der Waals surface area contributed by atoms with Crippen molar-refractivity contribution < 1.29 is 4.79 Å². The van der Waals surface area contributed by atoms with E-state index in [0.717, 1.165) is 46.1 Å². The van der Waals surface area contributed by atoms with E-state index in [0.29, 0.717) is 18.9 Å². The van der Waals surface area contributed by atoms with Crippen LogP contribution < -0.4 is 4.90 Å². The molecule has 1 aromatic carbocycles.